The Labute approximate surface area is 92.8 Å². The summed E-state index contributed by atoms with van der Waals surface area (Å²) in [6, 6.07) is 8.27. The molecule has 0 bridgehead atoms. The molecule has 1 rings (SSSR count). The normalized spacial score (nSPS) is 10.1. The van der Waals surface area contributed by atoms with Crippen molar-refractivity contribution in [3.8, 4) is 0 Å². The molecule has 0 amide bonds. The Morgan fingerprint density at radius 1 is 1.46 bits per heavy atom. The van der Waals surface area contributed by atoms with Crippen molar-refractivity contribution < 1.29 is 0 Å². The van der Waals surface area contributed by atoms with Gasteiger partial charge < -0.3 is 4.90 Å². The highest BCUT2D eigenvalue weighted by Crippen LogP contribution is 2.19. The van der Waals surface area contributed by atoms with Gasteiger partial charge in [0.2, 0.25) is 0 Å². The zero-order valence-corrected chi connectivity index (χ0v) is 9.98. The Hall–Kier alpha value is -0.210. The molecule has 13 heavy (non-hydrogen) atoms. The maximum Gasteiger partial charge on any atom is 0.0399 e. The van der Waals surface area contributed by atoms with Gasteiger partial charge in [0.1, 0.15) is 0 Å². The maximum absolute atomic E-state index is 5.71. The summed E-state index contributed by atoms with van der Waals surface area (Å²) >= 11 is 9.16. The maximum atomic E-state index is 5.71. The quantitative estimate of drug-likeness (QED) is 0.751. The van der Waals surface area contributed by atoms with Crippen LogP contribution in [0.25, 0.3) is 0 Å². The van der Waals surface area contributed by atoms with Crippen molar-refractivity contribution in [2.45, 2.75) is 6.92 Å². The highest BCUT2D eigenvalue weighted by Gasteiger charge is 2.02. The molecule has 0 spiro atoms. The lowest BCUT2D eigenvalue weighted by Gasteiger charge is -2.21. The first-order chi connectivity index (χ1) is 6.27. The Kier molecular flexibility index (Phi) is 4.60. The first kappa shape index (κ1) is 10.9. The first-order valence-corrected chi connectivity index (χ1v) is 5.67. The van der Waals surface area contributed by atoms with Crippen molar-refractivity contribution in [3.63, 3.8) is 0 Å². The van der Waals surface area contributed by atoms with Gasteiger partial charge in [0.25, 0.3) is 0 Å². The van der Waals surface area contributed by atoms with Crippen LogP contribution in [0.15, 0.2) is 28.7 Å². The molecule has 3 heteroatoms. The standard InChI is InChI=1S/C10H13BrClN/c1-2-13(7-6-12)10-5-3-4-9(11)8-10/h3-5,8H,2,6-7H2,1H3. The van der Waals surface area contributed by atoms with Gasteiger partial charge in [-0.1, -0.05) is 22.0 Å². The van der Waals surface area contributed by atoms with Crippen molar-refractivity contribution in [2.75, 3.05) is 23.9 Å². The van der Waals surface area contributed by atoms with E-state index in [-0.39, 0.29) is 0 Å². The molecular formula is C10H13BrClN. The van der Waals surface area contributed by atoms with Crippen molar-refractivity contribution in [3.05, 3.63) is 28.7 Å². The van der Waals surface area contributed by atoms with E-state index in [4.69, 9.17) is 11.6 Å². The first-order valence-electron chi connectivity index (χ1n) is 4.34. The van der Waals surface area contributed by atoms with Crippen molar-refractivity contribution in [1.29, 1.82) is 0 Å². The van der Waals surface area contributed by atoms with Gasteiger partial charge in [-0.25, -0.2) is 0 Å². The number of anilines is 1. The summed E-state index contributed by atoms with van der Waals surface area (Å²) in [5, 5.41) is 0. The molecule has 0 atom stereocenters. The molecule has 0 heterocycles. The summed E-state index contributed by atoms with van der Waals surface area (Å²) in [4.78, 5) is 2.25. The smallest absolute Gasteiger partial charge is 0.0399 e. The summed E-state index contributed by atoms with van der Waals surface area (Å²) in [5.74, 6) is 0.667. The highest BCUT2D eigenvalue weighted by atomic mass is 79.9. The average molecular weight is 263 g/mol. The van der Waals surface area contributed by atoms with E-state index in [9.17, 15) is 0 Å². The number of hydrogen-bond acceptors (Lipinski definition) is 1. The molecule has 0 fully saturated rings. The molecule has 1 nitrogen and oxygen atoms in total. The molecule has 0 aliphatic carbocycles. The molecule has 1 aromatic carbocycles. The van der Waals surface area contributed by atoms with Crippen molar-refractivity contribution in [1.82, 2.24) is 0 Å². The van der Waals surface area contributed by atoms with E-state index in [0.717, 1.165) is 17.6 Å². The van der Waals surface area contributed by atoms with Crippen molar-refractivity contribution >= 4 is 33.2 Å². The van der Waals surface area contributed by atoms with Crippen LogP contribution < -0.4 is 4.90 Å². The Bertz CT molecular complexity index is 265. The zero-order chi connectivity index (χ0) is 9.68. The fraction of sp³-hybridized carbons (Fsp3) is 0.400. The summed E-state index contributed by atoms with van der Waals surface area (Å²) in [5.41, 5.74) is 1.22. The lowest BCUT2D eigenvalue weighted by atomic mass is 10.3. The van der Waals surface area contributed by atoms with Gasteiger partial charge in [-0.2, -0.15) is 0 Å². The minimum Gasteiger partial charge on any atom is -0.371 e. The minimum atomic E-state index is 0.667. The van der Waals surface area contributed by atoms with Crippen LogP contribution in [0, 0.1) is 0 Å². The minimum absolute atomic E-state index is 0.667. The van der Waals surface area contributed by atoms with Crippen molar-refractivity contribution in [2.24, 2.45) is 0 Å². The van der Waals surface area contributed by atoms with E-state index < -0.39 is 0 Å². The average Bonchev–Trinajstić information content (AvgIpc) is 2.14. The second-order valence-corrected chi connectivity index (χ2v) is 4.04. The summed E-state index contributed by atoms with van der Waals surface area (Å²) in [6.45, 7) is 4.02. The van der Waals surface area contributed by atoms with Gasteiger partial charge in [-0.3, -0.25) is 0 Å². The monoisotopic (exact) mass is 261 g/mol. The lowest BCUT2D eigenvalue weighted by Crippen LogP contribution is -2.24. The molecule has 0 N–H and O–H groups in total. The number of benzene rings is 1. The van der Waals surface area contributed by atoms with Crippen LogP contribution in [0.1, 0.15) is 6.92 Å². The van der Waals surface area contributed by atoms with E-state index in [1.165, 1.54) is 5.69 Å². The fourth-order valence-corrected chi connectivity index (χ4v) is 1.84. The highest BCUT2D eigenvalue weighted by molar-refractivity contribution is 9.10. The number of alkyl halides is 1. The topological polar surface area (TPSA) is 3.24 Å². The van der Waals surface area contributed by atoms with E-state index in [1.54, 1.807) is 0 Å². The summed E-state index contributed by atoms with van der Waals surface area (Å²) in [6.07, 6.45) is 0. The van der Waals surface area contributed by atoms with Gasteiger partial charge in [-0.05, 0) is 25.1 Å². The van der Waals surface area contributed by atoms with Crippen LogP contribution in [0.4, 0.5) is 5.69 Å². The number of rotatable bonds is 4. The molecule has 0 aliphatic heterocycles. The summed E-state index contributed by atoms with van der Waals surface area (Å²) in [7, 11) is 0. The number of hydrogen-bond donors (Lipinski definition) is 0. The predicted molar refractivity (Wildman–Crippen MR) is 62.7 cm³/mol. The lowest BCUT2D eigenvalue weighted by molar-refractivity contribution is 0.870. The van der Waals surface area contributed by atoms with Crippen LogP contribution in [0.3, 0.4) is 0 Å². The third-order valence-corrected chi connectivity index (χ3v) is 2.57. The van der Waals surface area contributed by atoms with Gasteiger partial charge in [-0.15, -0.1) is 11.6 Å². The Morgan fingerprint density at radius 2 is 2.23 bits per heavy atom. The molecule has 0 saturated carbocycles. The molecule has 0 saturated heterocycles. The molecule has 0 aromatic heterocycles. The number of halogens is 2. The molecule has 72 valence electrons. The molecular weight excluding hydrogens is 249 g/mol. The van der Waals surface area contributed by atoms with Gasteiger partial charge in [0.05, 0.1) is 0 Å². The zero-order valence-electron chi connectivity index (χ0n) is 7.63. The van der Waals surface area contributed by atoms with Crippen LogP contribution in [0.2, 0.25) is 0 Å². The Morgan fingerprint density at radius 3 is 2.77 bits per heavy atom. The van der Waals surface area contributed by atoms with Crippen LogP contribution in [0.5, 0.6) is 0 Å². The molecule has 1 aromatic rings. The SMILES string of the molecule is CCN(CCCl)c1cccc(Br)c1. The van der Waals surface area contributed by atoms with E-state index in [0.29, 0.717) is 5.88 Å². The van der Waals surface area contributed by atoms with E-state index in [2.05, 4.69) is 39.9 Å². The van der Waals surface area contributed by atoms with Gasteiger partial charge >= 0.3 is 0 Å². The molecule has 0 aliphatic rings. The predicted octanol–water partition coefficient (Wildman–Crippen LogP) is 3.51. The molecule has 0 unspecified atom stereocenters. The third-order valence-electron chi connectivity index (χ3n) is 1.91. The van der Waals surface area contributed by atoms with E-state index in [1.807, 2.05) is 12.1 Å². The van der Waals surface area contributed by atoms with Gasteiger partial charge in [0, 0.05) is 29.1 Å². The second kappa shape index (κ2) is 5.51. The van der Waals surface area contributed by atoms with E-state index >= 15 is 0 Å². The third kappa shape index (κ3) is 3.20. The van der Waals surface area contributed by atoms with Crippen LogP contribution >= 0.6 is 27.5 Å². The van der Waals surface area contributed by atoms with Crippen LogP contribution in [-0.4, -0.2) is 19.0 Å². The van der Waals surface area contributed by atoms with Gasteiger partial charge in [0.15, 0.2) is 0 Å². The number of nitrogens with zero attached hydrogens (tertiary/aromatic N) is 1. The largest absolute Gasteiger partial charge is 0.371 e. The second-order valence-electron chi connectivity index (χ2n) is 2.75. The fourth-order valence-electron chi connectivity index (χ4n) is 1.24. The Balaban J connectivity index is 2.78. The summed E-state index contributed by atoms with van der Waals surface area (Å²) < 4.78 is 1.11. The molecule has 0 radical (unpaired) electrons. The van der Waals surface area contributed by atoms with Crippen LogP contribution in [-0.2, 0) is 0 Å².